The van der Waals surface area contributed by atoms with E-state index in [1.165, 1.54) is 23.5 Å². The second kappa shape index (κ2) is 6.82. The molecule has 0 spiro atoms. The van der Waals surface area contributed by atoms with Crippen LogP contribution < -0.4 is 20.2 Å². The van der Waals surface area contributed by atoms with Crippen LogP contribution in [0.2, 0.25) is 0 Å². The number of aromatic nitrogens is 3. The highest BCUT2D eigenvalue weighted by atomic mass is 32.1. The lowest BCUT2D eigenvalue weighted by atomic mass is 10.2. The van der Waals surface area contributed by atoms with Crippen LogP contribution in [-0.2, 0) is 6.67 Å². The van der Waals surface area contributed by atoms with E-state index in [-0.39, 0.29) is 18.0 Å². The number of nitrogens with zero attached hydrogens (tertiary/aromatic N) is 4. The molecule has 0 saturated heterocycles. The van der Waals surface area contributed by atoms with E-state index in [1.54, 1.807) is 27.5 Å². The molecule has 0 radical (unpaired) electrons. The molecule has 1 aliphatic heterocycles. The van der Waals surface area contributed by atoms with Crippen molar-refractivity contribution in [1.82, 2.24) is 14.3 Å². The van der Waals surface area contributed by atoms with Crippen molar-refractivity contribution in [3.63, 3.8) is 0 Å². The number of hydrogen-bond donors (Lipinski definition) is 1. The van der Waals surface area contributed by atoms with Crippen LogP contribution in [0.15, 0.2) is 64.4 Å². The van der Waals surface area contributed by atoms with Crippen LogP contribution in [0.4, 0.5) is 15.9 Å². The molecule has 8 heteroatoms. The number of benzene rings is 2. The first-order chi connectivity index (χ1) is 14.1. The van der Waals surface area contributed by atoms with Gasteiger partial charge in [-0.1, -0.05) is 41.7 Å². The van der Waals surface area contributed by atoms with Crippen LogP contribution in [0.25, 0.3) is 11.8 Å². The predicted octanol–water partition coefficient (Wildman–Crippen LogP) is 2.71. The molecule has 5 rings (SSSR count). The van der Waals surface area contributed by atoms with Gasteiger partial charge in [-0.05, 0) is 42.8 Å². The number of anilines is 1. The Kier molecular flexibility index (Phi) is 4.13. The van der Waals surface area contributed by atoms with Crippen molar-refractivity contribution in [2.24, 2.45) is 4.99 Å². The van der Waals surface area contributed by atoms with E-state index in [0.29, 0.717) is 9.33 Å². The summed E-state index contributed by atoms with van der Waals surface area (Å²) in [7, 11) is 0. The van der Waals surface area contributed by atoms with Crippen molar-refractivity contribution >= 4 is 28.9 Å². The molecule has 3 heterocycles. The summed E-state index contributed by atoms with van der Waals surface area (Å²) in [5.74, 6) is 0.450. The lowest BCUT2D eigenvalue weighted by molar-refractivity contribution is 0.628. The number of aryl methyl sites for hydroxylation is 1. The van der Waals surface area contributed by atoms with E-state index < -0.39 is 0 Å². The highest BCUT2D eigenvalue weighted by molar-refractivity contribution is 7.07. The summed E-state index contributed by atoms with van der Waals surface area (Å²) in [6.07, 6.45) is 1.75. The maximum absolute atomic E-state index is 13.1. The van der Waals surface area contributed by atoms with Gasteiger partial charge < -0.3 is 5.32 Å². The molecule has 0 amide bonds. The Morgan fingerprint density at radius 3 is 2.66 bits per heavy atom. The largest absolute Gasteiger partial charge is 0.350 e. The van der Waals surface area contributed by atoms with Crippen molar-refractivity contribution in [1.29, 1.82) is 0 Å². The maximum atomic E-state index is 13.1. The van der Waals surface area contributed by atoms with E-state index in [0.717, 1.165) is 28.5 Å². The van der Waals surface area contributed by atoms with Gasteiger partial charge in [-0.15, -0.1) is 0 Å². The lowest BCUT2D eigenvalue weighted by Crippen LogP contribution is -2.33. The van der Waals surface area contributed by atoms with Crippen molar-refractivity contribution < 1.29 is 4.39 Å². The minimum atomic E-state index is -0.307. The lowest BCUT2D eigenvalue weighted by Gasteiger charge is -2.09. The number of hydrogen-bond acceptors (Lipinski definition) is 5. The minimum Gasteiger partial charge on any atom is -0.350 e. The first-order valence-corrected chi connectivity index (χ1v) is 9.86. The number of thiazole rings is 1. The summed E-state index contributed by atoms with van der Waals surface area (Å²) in [4.78, 5) is 18.2. The Balaban J connectivity index is 1.66. The van der Waals surface area contributed by atoms with E-state index >= 15 is 0 Å². The SMILES string of the molecule is Cc1nn(-c2ccccc2)c2c1N=c1s/c(=C\c3ccc(F)cc3)c(=O)n1CN2. The number of rotatable bonds is 2. The summed E-state index contributed by atoms with van der Waals surface area (Å²) in [5.41, 5.74) is 3.04. The van der Waals surface area contributed by atoms with Gasteiger partial charge in [-0.25, -0.2) is 14.1 Å². The van der Waals surface area contributed by atoms with Crippen LogP contribution in [0.5, 0.6) is 0 Å². The van der Waals surface area contributed by atoms with Crippen molar-refractivity contribution in [3.05, 3.63) is 91.4 Å². The van der Waals surface area contributed by atoms with Crippen molar-refractivity contribution in [2.45, 2.75) is 13.6 Å². The molecule has 0 fully saturated rings. The fourth-order valence-electron chi connectivity index (χ4n) is 3.26. The molecule has 0 aliphatic carbocycles. The normalized spacial score (nSPS) is 13.2. The molecule has 0 bridgehead atoms. The molecule has 2 aromatic heterocycles. The summed E-state index contributed by atoms with van der Waals surface area (Å²) in [6, 6.07) is 15.8. The molecule has 0 saturated carbocycles. The van der Waals surface area contributed by atoms with Crippen LogP contribution >= 0.6 is 11.3 Å². The van der Waals surface area contributed by atoms with E-state index in [9.17, 15) is 9.18 Å². The van der Waals surface area contributed by atoms with Gasteiger partial charge in [0.1, 0.15) is 11.5 Å². The molecule has 29 heavy (non-hydrogen) atoms. The summed E-state index contributed by atoms with van der Waals surface area (Å²) in [6.45, 7) is 2.19. The zero-order chi connectivity index (χ0) is 20.0. The second-order valence-corrected chi connectivity index (χ2v) is 7.66. The smallest absolute Gasteiger partial charge is 0.271 e. The fraction of sp³-hybridized carbons (Fsp3) is 0.0952. The Hall–Kier alpha value is -3.52. The number of nitrogens with one attached hydrogen (secondary N) is 1. The molecule has 1 N–H and O–H groups in total. The zero-order valence-electron chi connectivity index (χ0n) is 15.5. The quantitative estimate of drug-likeness (QED) is 0.558. The standard InChI is InChI=1S/C21H16FN5OS/c1-13-18-19(27(25-13)16-5-3-2-4-6-16)23-12-26-20(28)17(29-21(26)24-18)11-14-7-9-15(22)10-8-14/h2-11,23H,12H2,1H3/b17-11-. The summed E-state index contributed by atoms with van der Waals surface area (Å²) in [5, 5.41) is 7.92. The fourth-order valence-corrected chi connectivity index (χ4v) is 4.24. The van der Waals surface area contributed by atoms with Crippen LogP contribution in [0, 0.1) is 12.7 Å². The van der Waals surface area contributed by atoms with Gasteiger partial charge >= 0.3 is 0 Å². The summed E-state index contributed by atoms with van der Waals surface area (Å²) < 4.78 is 17.1. The van der Waals surface area contributed by atoms with Gasteiger partial charge in [0.05, 0.1) is 22.6 Å². The summed E-state index contributed by atoms with van der Waals surface area (Å²) >= 11 is 1.31. The van der Waals surface area contributed by atoms with E-state index in [4.69, 9.17) is 4.99 Å². The number of para-hydroxylation sites is 1. The number of halogens is 1. The van der Waals surface area contributed by atoms with Gasteiger partial charge in [-0.3, -0.25) is 9.36 Å². The van der Waals surface area contributed by atoms with Crippen molar-refractivity contribution in [3.8, 4) is 5.69 Å². The Labute approximate surface area is 168 Å². The molecular formula is C21H16FN5OS. The third-order valence-electron chi connectivity index (χ3n) is 4.70. The van der Waals surface area contributed by atoms with Gasteiger partial charge in [0.2, 0.25) is 0 Å². The first-order valence-electron chi connectivity index (χ1n) is 9.05. The van der Waals surface area contributed by atoms with Gasteiger partial charge in [0, 0.05) is 0 Å². The van der Waals surface area contributed by atoms with Crippen LogP contribution in [-0.4, -0.2) is 14.3 Å². The highest BCUT2D eigenvalue weighted by Crippen LogP contribution is 2.31. The van der Waals surface area contributed by atoms with E-state index in [2.05, 4.69) is 10.4 Å². The Morgan fingerprint density at radius 1 is 1.14 bits per heavy atom. The third kappa shape index (κ3) is 3.07. The topological polar surface area (TPSA) is 64.2 Å². The average Bonchev–Trinajstić information content (AvgIpc) is 3.11. The Morgan fingerprint density at radius 2 is 1.90 bits per heavy atom. The molecule has 144 valence electrons. The predicted molar refractivity (Wildman–Crippen MR) is 111 cm³/mol. The first kappa shape index (κ1) is 17.6. The number of fused-ring (bicyclic) bond motifs is 2. The van der Waals surface area contributed by atoms with Crippen LogP contribution in [0.1, 0.15) is 11.3 Å². The average molecular weight is 405 g/mol. The minimum absolute atomic E-state index is 0.132. The van der Waals surface area contributed by atoms with Crippen molar-refractivity contribution in [2.75, 3.05) is 5.32 Å². The molecule has 0 atom stereocenters. The third-order valence-corrected chi connectivity index (χ3v) is 5.70. The van der Waals surface area contributed by atoms with E-state index in [1.807, 2.05) is 37.3 Å². The van der Waals surface area contributed by atoms with Gasteiger partial charge in [-0.2, -0.15) is 5.10 Å². The second-order valence-electron chi connectivity index (χ2n) is 6.65. The molecular weight excluding hydrogens is 389 g/mol. The molecule has 0 unspecified atom stereocenters. The molecule has 4 aromatic rings. The van der Waals surface area contributed by atoms with Crippen LogP contribution in [0.3, 0.4) is 0 Å². The zero-order valence-corrected chi connectivity index (χ0v) is 16.3. The maximum Gasteiger partial charge on any atom is 0.271 e. The van der Waals surface area contributed by atoms with Gasteiger partial charge in [0.15, 0.2) is 10.6 Å². The monoisotopic (exact) mass is 405 g/mol. The van der Waals surface area contributed by atoms with Gasteiger partial charge in [0.25, 0.3) is 5.56 Å². The Bertz CT molecular complexity index is 1380. The highest BCUT2D eigenvalue weighted by Gasteiger charge is 2.20. The molecule has 2 aromatic carbocycles. The molecule has 6 nitrogen and oxygen atoms in total. The molecule has 1 aliphatic rings.